The number of hydrogen-bond donors (Lipinski definition) is 0. The van der Waals surface area contributed by atoms with Crippen molar-refractivity contribution in [2.24, 2.45) is 11.8 Å². The van der Waals surface area contributed by atoms with Crippen molar-refractivity contribution in [2.75, 3.05) is 20.2 Å². The topological polar surface area (TPSA) is 46.6 Å². The highest BCUT2D eigenvalue weighted by atomic mass is 79.9. The van der Waals surface area contributed by atoms with Crippen molar-refractivity contribution in [2.45, 2.75) is 13.8 Å². The molecule has 0 N–H and O–H groups in total. The molecule has 1 aromatic rings. The zero-order valence-electron chi connectivity index (χ0n) is 11.9. The van der Waals surface area contributed by atoms with Crippen molar-refractivity contribution in [3.8, 4) is 0 Å². The Hall–Kier alpha value is -1.36. The minimum Gasteiger partial charge on any atom is -0.469 e. The zero-order chi connectivity index (χ0) is 14.9. The molecule has 2 rings (SSSR count). The number of carbonyl (C=O) groups is 2. The molecular weight excluding hydrogens is 322 g/mol. The van der Waals surface area contributed by atoms with E-state index in [0.717, 1.165) is 10.0 Å². The van der Waals surface area contributed by atoms with E-state index in [-0.39, 0.29) is 23.7 Å². The smallest absolute Gasteiger partial charge is 0.310 e. The summed E-state index contributed by atoms with van der Waals surface area (Å²) in [4.78, 5) is 26.0. The first-order chi connectivity index (χ1) is 9.43. The van der Waals surface area contributed by atoms with Crippen molar-refractivity contribution in [1.82, 2.24) is 4.90 Å². The fourth-order valence-corrected chi connectivity index (χ4v) is 2.98. The Kier molecular flexibility index (Phi) is 4.48. The monoisotopic (exact) mass is 339 g/mol. The van der Waals surface area contributed by atoms with E-state index < -0.39 is 0 Å². The van der Waals surface area contributed by atoms with E-state index in [4.69, 9.17) is 4.74 Å². The van der Waals surface area contributed by atoms with Gasteiger partial charge in [-0.25, -0.2) is 0 Å². The van der Waals surface area contributed by atoms with Crippen molar-refractivity contribution in [3.05, 3.63) is 33.8 Å². The third-order valence-electron chi connectivity index (χ3n) is 3.76. The van der Waals surface area contributed by atoms with Crippen LogP contribution in [0.25, 0.3) is 0 Å². The lowest BCUT2D eigenvalue weighted by Gasteiger charge is -2.17. The van der Waals surface area contributed by atoms with Gasteiger partial charge in [0.25, 0.3) is 5.91 Å². The van der Waals surface area contributed by atoms with Crippen LogP contribution < -0.4 is 0 Å². The van der Waals surface area contributed by atoms with Crippen LogP contribution in [0, 0.1) is 18.8 Å². The van der Waals surface area contributed by atoms with Gasteiger partial charge in [0.1, 0.15) is 0 Å². The number of carbonyl (C=O) groups excluding carboxylic acids is 2. The molecule has 0 bridgehead atoms. The molecule has 1 saturated heterocycles. The number of likely N-dealkylation sites (tertiary alicyclic amines) is 1. The molecule has 1 heterocycles. The highest BCUT2D eigenvalue weighted by Gasteiger charge is 2.38. The number of esters is 1. The lowest BCUT2D eigenvalue weighted by molar-refractivity contribution is -0.146. The molecule has 0 radical (unpaired) electrons. The number of ether oxygens (including phenoxy) is 1. The summed E-state index contributed by atoms with van der Waals surface area (Å²) in [5, 5.41) is 0. The Bertz CT molecular complexity index is 544. The summed E-state index contributed by atoms with van der Waals surface area (Å²) >= 11 is 3.41. The molecule has 2 unspecified atom stereocenters. The molecule has 2 atom stereocenters. The van der Waals surface area contributed by atoms with Crippen molar-refractivity contribution in [1.29, 1.82) is 0 Å². The van der Waals surface area contributed by atoms with E-state index in [9.17, 15) is 9.59 Å². The molecule has 5 heteroatoms. The zero-order valence-corrected chi connectivity index (χ0v) is 13.4. The second-order valence-corrected chi connectivity index (χ2v) is 6.15. The van der Waals surface area contributed by atoms with Crippen LogP contribution in [0.15, 0.2) is 22.7 Å². The second kappa shape index (κ2) is 5.95. The molecule has 4 nitrogen and oxygen atoms in total. The van der Waals surface area contributed by atoms with Crippen molar-refractivity contribution >= 4 is 27.8 Å². The molecule has 0 aromatic heterocycles. The molecule has 0 saturated carbocycles. The van der Waals surface area contributed by atoms with Crippen LogP contribution in [0.3, 0.4) is 0 Å². The number of nitrogens with zero attached hydrogens (tertiary/aromatic N) is 1. The molecule has 20 heavy (non-hydrogen) atoms. The highest BCUT2D eigenvalue weighted by Crippen LogP contribution is 2.27. The summed E-state index contributed by atoms with van der Waals surface area (Å²) in [6.45, 7) is 4.93. The van der Waals surface area contributed by atoms with Crippen LogP contribution in [0.5, 0.6) is 0 Å². The summed E-state index contributed by atoms with van der Waals surface area (Å²) in [6.07, 6.45) is 0. The lowest BCUT2D eigenvalue weighted by Crippen LogP contribution is -2.30. The molecule has 108 valence electrons. The average molecular weight is 340 g/mol. The van der Waals surface area contributed by atoms with Gasteiger partial charge in [-0.1, -0.05) is 18.6 Å². The normalized spacial score (nSPS) is 21.9. The summed E-state index contributed by atoms with van der Waals surface area (Å²) in [5.74, 6) is -0.391. The van der Waals surface area contributed by atoms with Gasteiger partial charge in [-0.05, 0) is 40.9 Å². The van der Waals surface area contributed by atoms with E-state index >= 15 is 0 Å². The van der Waals surface area contributed by atoms with E-state index in [1.807, 2.05) is 32.0 Å². The van der Waals surface area contributed by atoms with Crippen LogP contribution in [0.4, 0.5) is 0 Å². The van der Waals surface area contributed by atoms with Gasteiger partial charge in [-0.3, -0.25) is 9.59 Å². The first-order valence-electron chi connectivity index (χ1n) is 6.57. The Balaban J connectivity index is 2.19. The van der Waals surface area contributed by atoms with Gasteiger partial charge in [0.15, 0.2) is 0 Å². The average Bonchev–Trinajstić information content (AvgIpc) is 2.82. The van der Waals surface area contributed by atoms with Crippen LogP contribution in [0.2, 0.25) is 0 Å². The molecule has 0 aliphatic carbocycles. The number of benzene rings is 1. The molecule has 1 fully saturated rings. The Morgan fingerprint density at radius 2 is 2.05 bits per heavy atom. The Morgan fingerprint density at radius 1 is 1.35 bits per heavy atom. The maximum atomic E-state index is 12.6. The van der Waals surface area contributed by atoms with E-state index in [0.29, 0.717) is 18.7 Å². The number of amides is 1. The first-order valence-corrected chi connectivity index (χ1v) is 7.36. The third kappa shape index (κ3) is 2.87. The highest BCUT2D eigenvalue weighted by molar-refractivity contribution is 9.10. The maximum absolute atomic E-state index is 12.6. The van der Waals surface area contributed by atoms with Gasteiger partial charge in [0, 0.05) is 17.6 Å². The van der Waals surface area contributed by atoms with Crippen LogP contribution in [0.1, 0.15) is 22.8 Å². The number of halogens is 1. The minimum atomic E-state index is -0.240. The maximum Gasteiger partial charge on any atom is 0.310 e. The van der Waals surface area contributed by atoms with Gasteiger partial charge < -0.3 is 9.64 Å². The van der Waals surface area contributed by atoms with E-state index in [1.54, 1.807) is 4.90 Å². The molecule has 1 aliphatic rings. The number of hydrogen-bond acceptors (Lipinski definition) is 3. The second-order valence-electron chi connectivity index (χ2n) is 5.30. The minimum absolute atomic E-state index is 0.0428. The van der Waals surface area contributed by atoms with Crippen LogP contribution in [-0.4, -0.2) is 37.0 Å². The fourth-order valence-electron chi connectivity index (χ4n) is 2.56. The van der Waals surface area contributed by atoms with Gasteiger partial charge in [-0.2, -0.15) is 0 Å². The van der Waals surface area contributed by atoms with E-state index in [2.05, 4.69) is 15.9 Å². The number of methoxy groups -OCH3 is 1. The van der Waals surface area contributed by atoms with Crippen molar-refractivity contribution < 1.29 is 14.3 Å². The van der Waals surface area contributed by atoms with Crippen LogP contribution >= 0.6 is 15.9 Å². The Labute approximate surface area is 127 Å². The van der Waals surface area contributed by atoms with Crippen molar-refractivity contribution in [3.63, 3.8) is 0 Å². The quantitative estimate of drug-likeness (QED) is 0.778. The summed E-state index contributed by atoms with van der Waals surface area (Å²) in [5.41, 5.74) is 1.68. The standard InChI is InChI=1S/C15H18BrNO3/c1-9-4-5-13(16)11(6-9)14(18)17-7-10(2)12(8-17)15(19)20-3/h4-6,10,12H,7-8H2,1-3H3. The Morgan fingerprint density at radius 3 is 2.70 bits per heavy atom. The van der Waals surface area contributed by atoms with Gasteiger partial charge >= 0.3 is 5.97 Å². The molecule has 0 spiro atoms. The molecular formula is C15H18BrNO3. The lowest BCUT2D eigenvalue weighted by atomic mass is 9.99. The van der Waals surface area contributed by atoms with Gasteiger partial charge in [0.2, 0.25) is 0 Å². The van der Waals surface area contributed by atoms with Gasteiger partial charge in [0.05, 0.1) is 18.6 Å². The summed E-state index contributed by atoms with van der Waals surface area (Å²) in [7, 11) is 1.39. The number of aryl methyl sites for hydroxylation is 1. The summed E-state index contributed by atoms with van der Waals surface area (Å²) in [6, 6.07) is 5.69. The fraction of sp³-hybridized carbons (Fsp3) is 0.467. The molecule has 1 amide bonds. The molecule has 1 aliphatic heterocycles. The molecule has 1 aromatic carbocycles. The van der Waals surface area contributed by atoms with Crippen LogP contribution in [-0.2, 0) is 9.53 Å². The SMILES string of the molecule is COC(=O)C1CN(C(=O)c2cc(C)ccc2Br)CC1C. The van der Waals surface area contributed by atoms with Gasteiger partial charge in [-0.15, -0.1) is 0 Å². The predicted molar refractivity (Wildman–Crippen MR) is 79.5 cm³/mol. The third-order valence-corrected chi connectivity index (χ3v) is 4.45. The largest absolute Gasteiger partial charge is 0.469 e. The number of rotatable bonds is 2. The predicted octanol–water partition coefficient (Wildman–Crippen LogP) is 2.64. The first kappa shape index (κ1) is 15.0. The van der Waals surface area contributed by atoms with E-state index in [1.165, 1.54) is 7.11 Å². The summed E-state index contributed by atoms with van der Waals surface area (Å²) < 4.78 is 5.57.